The van der Waals surface area contributed by atoms with E-state index >= 15 is 0 Å². The average Bonchev–Trinajstić information content (AvgIpc) is 2.42. The molecule has 0 spiro atoms. The average molecular weight is 268 g/mol. The molecule has 0 amide bonds. The molecule has 0 N–H and O–H groups in total. The Balaban J connectivity index is 2.86. The molecular formula is C15H25FOSi. The zero-order valence-corrected chi connectivity index (χ0v) is 13.0. The number of alkyl halides is 1. The molecule has 0 aliphatic heterocycles. The molecule has 1 atom stereocenters. The highest BCUT2D eigenvalue weighted by atomic mass is 28.4. The molecule has 0 aliphatic carbocycles. The molecular weight excluding hydrogens is 243 g/mol. The Bertz CT molecular complexity index is 338. The maximum atomic E-state index is 13.3. The fourth-order valence-electron chi connectivity index (χ4n) is 2.27. The number of halogens is 1. The number of rotatable bonds is 7. The summed E-state index contributed by atoms with van der Waals surface area (Å²) in [6.45, 7) is 8.12. The van der Waals surface area contributed by atoms with E-state index in [1.54, 1.807) is 0 Å². The van der Waals surface area contributed by atoms with Crippen molar-refractivity contribution in [3.8, 4) is 0 Å². The zero-order valence-electron chi connectivity index (χ0n) is 12.0. The topological polar surface area (TPSA) is 9.23 Å². The lowest BCUT2D eigenvalue weighted by Gasteiger charge is -2.32. The minimum atomic E-state index is -1.74. The summed E-state index contributed by atoms with van der Waals surface area (Å²) in [6, 6.07) is 11.2. The van der Waals surface area contributed by atoms with Crippen molar-refractivity contribution >= 4 is 8.32 Å². The molecule has 0 bridgehead atoms. The van der Waals surface area contributed by atoms with E-state index in [-0.39, 0.29) is 6.10 Å². The highest BCUT2D eigenvalue weighted by Gasteiger charge is 2.32. The lowest BCUT2D eigenvalue weighted by molar-refractivity contribution is 0.153. The van der Waals surface area contributed by atoms with Gasteiger partial charge in [0.1, 0.15) is 6.67 Å². The van der Waals surface area contributed by atoms with E-state index < -0.39 is 15.0 Å². The molecule has 0 saturated carbocycles. The molecule has 0 aromatic heterocycles. The fraction of sp³-hybridized carbons (Fsp3) is 0.600. The first-order valence-electron chi connectivity index (χ1n) is 6.91. The van der Waals surface area contributed by atoms with Crippen LogP contribution >= 0.6 is 0 Å². The summed E-state index contributed by atoms with van der Waals surface area (Å²) in [4.78, 5) is 0. The zero-order chi connectivity index (χ0) is 13.6. The Morgan fingerprint density at radius 2 is 1.56 bits per heavy atom. The second-order valence-electron chi connectivity index (χ2n) is 4.92. The first-order valence-corrected chi connectivity index (χ1v) is 9.44. The van der Waals surface area contributed by atoms with Gasteiger partial charge in [-0.15, -0.1) is 0 Å². The van der Waals surface area contributed by atoms with Gasteiger partial charge in [-0.2, -0.15) is 0 Å². The van der Waals surface area contributed by atoms with Crippen LogP contribution in [0.3, 0.4) is 0 Å². The van der Waals surface area contributed by atoms with Crippen LogP contribution in [0.4, 0.5) is 4.39 Å². The van der Waals surface area contributed by atoms with Gasteiger partial charge in [-0.25, -0.2) is 4.39 Å². The molecule has 0 heterocycles. The Hall–Kier alpha value is -0.673. The van der Waals surface area contributed by atoms with Crippen molar-refractivity contribution in [2.45, 2.75) is 51.9 Å². The van der Waals surface area contributed by atoms with Crippen molar-refractivity contribution in [1.82, 2.24) is 0 Å². The third-order valence-electron chi connectivity index (χ3n) is 3.91. The third kappa shape index (κ3) is 3.66. The Morgan fingerprint density at radius 3 is 1.94 bits per heavy atom. The van der Waals surface area contributed by atoms with Gasteiger partial charge in [0.05, 0.1) is 6.10 Å². The number of hydrogen-bond acceptors (Lipinski definition) is 1. The molecule has 18 heavy (non-hydrogen) atoms. The lowest BCUT2D eigenvalue weighted by atomic mass is 10.1. The van der Waals surface area contributed by atoms with Gasteiger partial charge in [-0.3, -0.25) is 0 Å². The number of aryl methyl sites for hydroxylation is 1. The quantitative estimate of drug-likeness (QED) is 0.630. The summed E-state index contributed by atoms with van der Waals surface area (Å²) >= 11 is 0. The molecule has 1 nitrogen and oxygen atoms in total. The first-order chi connectivity index (χ1) is 8.60. The van der Waals surface area contributed by atoms with Gasteiger partial charge in [-0.1, -0.05) is 50.6 Å². The minimum absolute atomic E-state index is 0.378. The predicted octanol–water partition coefficient (Wildman–Crippen LogP) is 5.03. The summed E-state index contributed by atoms with van der Waals surface area (Å²) in [5, 5.41) is 0. The van der Waals surface area contributed by atoms with Crippen LogP contribution in [0.2, 0.25) is 18.1 Å². The summed E-state index contributed by atoms with van der Waals surface area (Å²) in [7, 11) is -1.74. The molecule has 1 aromatic carbocycles. The molecule has 1 aromatic rings. The summed E-state index contributed by atoms with van der Waals surface area (Å²) in [5.74, 6) is 0. The van der Waals surface area contributed by atoms with E-state index in [0.29, 0.717) is 0 Å². The van der Waals surface area contributed by atoms with Gasteiger partial charge in [0.15, 0.2) is 8.32 Å². The largest absolute Gasteiger partial charge is 0.407 e. The second kappa shape index (κ2) is 7.05. The Labute approximate surface area is 111 Å². The second-order valence-corrected chi connectivity index (χ2v) is 9.64. The monoisotopic (exact) mass is 268 g/mol. The van der Waals surface area contributed by atoms with E-state index in [2.05, 4.69) is 20.8 Å². The van der Waals surface area contributed by atoms with Crippen LogP contribution in [0.1, 0.15) is 38.0 Å². The maximum absolute atomic E-state index is 13.3. The van der Waals surface area contributed by atoms with Gasteiger partial charge >= 0.3 is 0 Å². The SMILES string of the molecule is CC[Si](CC)(CC)OC(CF)c1ccc(C)cc1. The molecule has 0 saturated heterocycles. The smallest absolute Gasteiger partial charge is 0.193 e. The molecule has 102 valence electrons. The minimum Gasteiger partial charge on any atom is -0.407 e. The molecule has 0 fully saturated rings. The predicted molar refractivity (Wildman–Crippen MR) is 78.2 cm³/mol. The molecule has 1 rings (SSSR count). The van der Waals surface area contributed by atoms with Gasteiger partial charge in [0.2, 0.25) is 0 Å². The molecule has 0 aliphatic rings. The van der Waals surface area contributed by atoms with Crippen molar-refractivity contribution in [2.75, 3.05) is 6.67 Å². The van der Waals surface area contributed by atoms with E-state index in [4.69, 9.17) is 4.43 Å². The van der Waals surface area contributed by atoms with Crippen LogP contribution in [0, 0.1) is 6.92 Å². The van der Waals surface area contributed by atoms with Crippen LogP contribution in [0.25, 0.3) is 0 Å². The Kier molecular flexibility index (Phi) is 6.02. The number of benzene rings is 1. The van der Waals surface area contributed by atoms with Crippen LogP contribution in [0.15, 0.2) is 24.3 Å². The van der Waals surface area contributed by atoms with Crippen molar-refractivity contribution in [2.24, 2.45) is 0 Å². The normalized spacial score (nSPS) is 13.6. The summed E-state index contributed by atoms with van der Waals surface area (Å²) in [6.07, 6.45) is -0.378. The van der Waals surface area contributed by atoms with Gasteiger partial charge in [0.25, 0.3) is 0 Å². The van der Waals surface area contributed by atoms with Gasteiger partial charge in [0, 0.05) is 0 Å². The Morgan fingerprint density at radius 1 is 1.06 bits per heavy atom. The maximum Gasteiger partial charge on any atom is 0.193 e. The lowest BCUT2D eigenvalue weighted by Crippen LogP contribution is -2.37. The fourth-order valence-corrected chi connectivity index (χ4v) is 5.07. The molecule has 3 heteroatoms. The van der Waals surface area contributed by atoms with Crippen LogP contribution in [-0.2, 0) is 4.43 Å². The molecule has 0 radical (unpaired) electrons. The van der Waals surface area contributed by atoms with E-state index in [1.165, 1.54) is 5.56 Å². The van der Waals surface area contributed by atoms with Crippen LogP contribution < -0.4 is 0 Å². The van der Waals surface area contributed by atoms with Crippen molar-refractivity contribution in [3.05, 3.63) is 35.4 Å². The number of hydrogen-bond donors (Lipinski definition) is 0. The van der Waals surface area contributed by atoms with Crippen LogP contribution in [-0.4, -0.2) is 15.0 Å². The van der Waals surface area contributed by atoms with Crippen molar-refractivity contribution in [3.63, 3.8) is 0 Å². The highest BCUT2D eigenvalue weighted by Crippen LogP contribution is 2.30. The summed E-state index contributed by atoms with van der Waals surface area (Å²) in [5.41, 5.74) is 2.16. The highest BCUT2D eigenvalue weighted by molar-refractivity contribution is 6.73. The summed E-state index contributed by atoms with van der Waals surface area (Å²) < 4.78 is 19.5. The van der Waals surface area contributed by atoms with Gasteiger partial charge < -0.3 is 4.43 Å². The first kappa shape index (κ1) is 15.4. The van der Waals surface area contributed by atoms with Crippen molar-refractivity contribution < 1.29 is 8.82 Å². The van der Waals surface area contributed by atoms with E-state index in [1.807, 2.05) is 31.2 Å². The van der Waals surface area contributed by atoms with Crippen molar-refractivity contribution in [1.29, 1.82) is 0 Å². The standard InChI is InChI=1S/C15H25FOSi/c1-5-18(6-2,7-3)17-15(12-16)14-10-8-13(4)9-11-14/h8-11,15H,5-7,12H2,1-4H3. The molecule has 1 unspecified atom stereocenters. The van der Waals surface area contributed by atoms with E-state index in [9.17, 15) is 4.39 Å². The third-order valence-corrected chi connectivity index (χ3v) is 8.57. The van der Waals surface area contributed by atoms with E-state index in [0.717, 1.165) is 23.7 Å². The van der Waals surface area contributed by atoms with Gasteiger partial charge in [-0.05, 0) is 30.6 Å². The van der Waals surface area contributed by atoms with Crippen LogP contribution in [0.5, 0.6) is 0 Å².